The molecule has 1 aromatic carbocycles. The summed E-state index contributed by atoms with van der Waals surface area (Å²) in [6, 6.07) is 10.9. The molecular weight excluding hydrogens is 238 g/mol. The summed E-state index contributed by atoms with van der Waals surface area (Å²) in [5.74, 6) is -0.0662. The lowest BCUT2D eigenvalue weighted by Gasteiger charge is -2.24. The highest BCUT2D eigenvalue weighted by Crippen LogP contribution is 2.25. The van der Waals surface area contributed by atoms with Gasteiger partial charge in [0.15, 0.2) is 0 Å². The summed E-state index contributed by atoms with van der Waals surface area (Å²) < 4.78 is 0. The number of pyridine rings is 1. The fourth-order valence-corrected chi connectivity index (χ4v) is 1.75. The number of aromatic nitrogens is 1. The monoisotopic (exact) mass is 255 g/mol. The molecule has 0 aliphatic carbocycles. The van der Waals surface area contributed by atoms with Gasteiger partial charge in [-0.3, -0.25) is 9.78 Å². The Morgan fingerprint density at radius 1 is 1.11 bits per heavy atom. The summed E-state index contributed by atoms with van der Waals surface area (Å²) in [6.45, 7) is 3.77. The summed E-state index contributed by atoms with van der Waals surface area (Å²) in [5, 5.41) is 2.89. The lowest BCUT2D eigenvalue weighted by Crippen LogP contribution is -2.34. The predicted octanol–water partition coefficient (Wildman–Crippen LogP) is 2.58. The van der Waals surface area contributed by atoms with Crippen LogP contribution in [0.2, 0.25) is 0 Å². The van der Waals surface area contributed by atoms with Crippen molar-refractivity contribution in [1.29, 1.82) is 0 Å². The van der Waals surface area contributed by atoms with Gasteiger partial charge < -0.3 is 11.1 Å². The van der Waals surface area contributed by atoms with E-state index in [1.165, 1.54) is 0 Å². The number of carbonyl (C=O) groups is 1. The fourth-order valence-electron chi connectivity index (χ4n) is 1.75. The summed E-state index contributed by atoms with van der Waals surface area (Å²) in [7, 11) is 0. The summed E-state index contributed by atoms with van der Waals surface area (Å²) in [5.41, 5.74) is 7.39. The Labute approximate surface area is 112 Å². The molecule has 0 atom stereocenters. The van der Waals surface area contributed by atoms with Crippen molar-refractivity contribution in [2.45, 2.75) is 19.3 Å². The number of anilines is 2. The normalized spacial score (nSPS) is 11.1. The van der Waals surface area contributed by atoms with Crippen molar-refractivity contribution in [3.05, 3.63) is 54.4 Å². The van der Waals surface area contributed by atoms with Gasteiger partial charge in [-0.05, 0) is 43.7 Å². The van der Waals surface area contributed by atoms with Crippen LogP contribution in [0.3, 0.4) is 0 Å². The minimum absolute atomic E-state index is 0.0662. The average Bonchev–Trinajstić information content (AvgIpc) is 2.40. The molecule has 0 fully saturated rings. The van der Waals surface area contributed by atoms with Crippen LogP contribution in [0.1, 0.15) is 19.4 Å². The van der Waals surface area contributed by atoms with Gasteiger partial charge in [0.2, 0.25) is 5.91 Å². The number of nitrogen functional groups attached to an aromatic ring is 1. The van der Waals surface area contributed by atoms with Gasteiger partial charge in [0.1, 0.15) is 0 Å². The van der Waals surface area contributed by atoms with E-state index in [2.05, 4.69) is 10.3 Å². The van der Waals surface area contributed by atoms with Gasteiger partial charge in [-0.15, -0.1) is 0 Å². The van der Waals surface area contributed by atoms with E-state index < -0.39 is 5.41 Å². The summed E-state index contributed by atoms with van der Waals surface area (Å²) in [6.07, 6.45) is 3.29. The molecule has 0 spiro atoms. The van der Waals surface area contributed by atoms with Crippen molar-refractivity contribution in [3.63, 3.8) is 0 Å². The molecule has 2 aromatic rings. The Morgan fingerprint density at radius 3 is 2.26 bits per heavy atom. The highest BCUT2D eigenvalue weighted by Gasteiger charge is 2.29. The van der Waals surface area contributed by atoms with E-state index in [1.807, 2.05) is 26.0 Å². The molecule has 0 saturated carbocycles. The zero-order valence-corrected chi connectivity index (χ0v) is 11.1. The quantitative estimate of drug-likeness (QED) is 0.828. The Hall–Kier alpha value is -2.36. The van der Waals surface area contributed by atoms with Gasteiger partial charge in [0, 0.05) is 23.8 Å². The molecule has 0 unspecified atom stereocenters. The van der Waals surface area contributed by atoms with Crippen LogP contribution < -0.4 is 11.1 Å². The third-order valence-corrected chi connectivity index (χ3v) is 3.14. The van der Waals surface area contributed by atoms with E-state index in [-0.39, 0.29) is 5.91 Å². The lowest BCUT2D eigenvalue weighted by molar-refractivity contribution is -0.120. The van der Waals surface area contributed by atoms with Crippen LogP contribution in [0.25, 0.3) is 0 Å². The van der Waals surface area contributed by atoms with E-state index >= 15 is 0 Å². The summed E-state index contributed by atoms with van der Waals surface area (Å²) >= 11 is 0. The lowest BCUT2D eigenvalue weighted by atomic mass is 9.83. The van der Waals surface area contributed by atoms with Gasteiger partial charge in [-0.25, -0.2) is 0 Å². The topological polar surface area (TPSA) is 68.0 Å². The molecule has 0 radical (unpaired) electrons. The number of nitrogens with two attached hydrogens (primary N) is 1. The van der Waals surface area contributed by atoms with Crippen molar-refractivity contribution >= 4 is 17.3 Å². The second-order valence-corrected chi connectivity index (χ2v) is 4.94. The first kappa shape index (κ1) is 13.1. The molecule has 1 heterocycles. The molecule has 0 saturated heterocycles. The Bertz CT molecular complexity index is 562. The van der Waals surface area contributed by atoms with E-state index in [0.29, 0.717) is 5.69 Å². The van der Waals surface area contributed by atoms with Crippen LogP contribution in [-0.2, 0) is 10.2 Å². The van der Waals surface area contributed by atoms with Crippen LogP contribution in [0.15, 0.2) is 48.8 Å². The first-order valence-corrected chi connectivity index (χ1v) is 6.07. The Balaban J connectivity index is 2.19. The fraction of sp³-hybridized carbons (Fsp3) is 0.200. The molecular formula is C15H17N3O. The molecule has 0 bridgehead atoms. The third-order valence-electron chi connectivity index (χ3n) is 3.14. The second-order valence-electron chi connectivity index (χ2n) is 4.94. The molecule has 1 amide bonds. The first-order valence-electron chi connectivity index (χ1n) is 6.07. The zero-order valence-electron chi connectivity index (χ0n) is 11.1. The largest absolute Gasteiger partial charge is 0.399 e. The van der Waals surface area contributed by atoms with E-state index in [4.69, 9.17) is 5.73 Å². The minimum Gasteiger partial charge on any atom is -0.399 e. The smallest absolute Gasteiger partial charge is 0.234 e. The maximum atomic E-state index is 12.4. The number of rotatable bonds is 3. The van der Waals surface area contributed by atoms with Gasteiger partial charge in [-0.1, -0.05) is 12.1 Å². The number of amides is 1. The van der Waals surface area contributed by atoms with Crippen molar-refractivity contribution in [2.75, 3.05) is 11.1 Å². The van der Waals surface area contributed by atoms with Crippen molar-refractivity contribution in [3.8, 4) is 0 Å². The molecule has 4 nitrogen and oxygen atoms in total. The number of hydrogen-bond donors (Lipinski definition) is 2. The van der Waals surface area contributed by atoms with Crippen LogP contribution in [0, 0.1) is 0 Å². The van der Waals surface area contributed by atoms with E-state index in [0.717, 1.165) is 11.3 Å². The standard InChI is InChI=1S/C15H17N3O/c1-15(2,11-3-5-12(16)6-4-11)14(19)18-13-7-9-17-10-8-13/h3-10H,16H2,1-2H3,(H,17,18,19). The average molecular weight is 255 g/mol. The maximum Gasteiger partial charge on any atom is 0.234 e. The Morgan fingerprint density at radius 2 is 1.68 bits per heavy atom. The molecule has 2 rings (SSSR count). The van der Waals surface area contributed by atoms with Crippen molar-refractivity contribution < 1.29 is 4.79 Å². The second kappa shape index (κ2) is 5.10. The molecule has 98 valence electrons. The Kier molecular flexibility index (Phi) is 3.51. The van der Waals surface area contributed by atoms with E-state index in [9.17, 15) is 4.79 Å². The number of benzene rings is 1. The van der Waals surface area contributed by atoms with Crippen molar-refractivity contribution in [2.24, 2.45) is 0 Å². The molecule has 0 aliphatic rings. The first-order chi connectivity index (χ1) is 9.00. The van der Waals surface area contributed by atoms with Gasteiger partial charge in [0.25, 0.3) is 0 Å². The highest BCUT2D eigenvalue weighted by molar-refractivity contribution is 5.98. The number of nitrogens with zero attached hydrogens (tertiary/aromatic N) is 1. The molecule has 3 N–H and O–H groups in total. The van der Waals surface area contributed by atoms with E-state index in [1.54, 1.807) is 36.7 Å². The van der Waals surface area contributed by atoms with Gasteiger partial charge in [-0.2, -0.15) is 0 Å². The number of hydrogen-bond acceptors (Lipinski definition) is 3. The minimum atomic E-state index is -0.628. The maximum absolute atomic E-state index is 12.4. The molecule has 19 heavy (non-hydrogen) atoms. The van der Waals surface area contributed by atoms with Crippen molar-refractivity contribution in [1.82, 2.24) is 4.98 Å². The number of carbonyl (C=O) groups excluding carboxylic acids is 1. The third kappa shape index (κ3) is 2.91. The van der Waals surface area contributed by atoms with Crippen LogP contribution >= 0.6 is 0 Å². The van der Waals surface area contributed by atoms with Crippen LogP contribution in [0.5, 0.6) is 0 Å². The number of nitrogens with one attached hydrogen (secondary N) is 1. The predicted molar refractivity (Wildman–Crippen MR) is 76.7 cm³/mol. The van der Waals surface area contributed by atoms with Crippen LogP contribution in [-0.4, -0.2) is 10.9 Å². The van der Waals surface area contributed by atoms with Gasteiger partial charge in [0.05, 0.1) is 5.41 Å². The molecule has 4 heteroatoms. The molecule has 1 aromatic heterocycles. The van der Waals surface area contributed by atoms with Crippen LogP contribution in [0.4, 0.5) is 11.4 Å². The SMILES string of the molecule is CC(C)(C(=O)Nc1ccncc1)c1ccc(N)cc1. The zero-order chi connectivity index (χ0) is 13.9. The highest BCUT2D eigenvalue weighted by atomic mass is 16.2. The van der Waals surface area contributed by atoms with Gasteiger partial charge >= 0.3 is 0 Å². The molecule has 0 aliphatic heterocycles. The summed E-state index contributed by atoms with van der Waals surface area (Å²) in [4.78, 5) is 16.3.